The second-order valence-electron chi connectivity index (χ2n) is 9.59. The van der Waals surface area contributed by atoms with Crippen LogP contribution in [0.25, 0.3) is 0 Å². The first-order valence-electron chi connectivity index (χ1n) is 12.6. The Morgan fingerprint density at radius 3 is 2.00 bits per heavy atom. The highest BCUT2D eigenvalue weighted by Gasteiger charge is 2.32. The Kier molecular flexibility index (Phi) is 10.8. The Morgan fingerprint density at radius 1 is 0.872 bits per heavy atom. The highest BCUT2D eigenvalue weighted by Crippen LogP contribution is 2.30. The number of hydrogen-bond donors (Lipinski definition) is 1. The molecule has 1 N–H and O–H groups in total. The molecule has 0 heterocycles. The lowest BCUT2D eigenvalue weighted by molar-refractivity contribution is -0.138. The Bertz CT molecular complexity index is 1350. The van der Waals surface area contributed by atoms with Crippen molar-refractivity contribution < 1.29 is 18.0 Å². The lowest BCUT2D eigenvalue weighted by atomic mass is 10.1. The summed E-state index contributed by atoms with van der Waals surface area (Å²) in [7, 11) is -4.18. The van der Waals surface area contributed by atoms with E-state index in [-0.39, 0.29) is 39.0 Å². The molecule has 0 spiro atoms. The van der Waals surface area contributed by atoms with Gasteiger partial charge >= 0.3 is 0 Å². The van der Waals surface area contributed by atoms with E-state index in [2.05, 4.69) is 5.32 Å². The summed E-state index contributed by atoms with van der Waals surface area (Å²) in [5.41, 5.74) is 1.13. The first-order valence-corrected chi connectivity index (χ1v) is 14.8. The van der Waals surface area contributed by atoms with Crippen LogP contribution in [-0.2, 0) is 26.0 Å². The van der Waals surface area contributed by atoms with Gasteiger partial charge in [-0.25, -0.2) is 8.42 Å². The summed E-state index contributed by atoms with van der Waals surface area (Å²) in [4.78, 5) is 28.3. The predicted octanol–water partition coefficient (Wildman–Crippen LogP) is 5.42. The molecule has 0 saturated heterocycles. The summed E-state index contributed by atoms with van der Waals surface area (Å²) >= 11 is 12.4. The van der Waals surface area contributed by atoms with Crippen molar-refractivity contribution in [2.24, 2.45) is 5.92 Å². The maximum absolute atomic E-state index is 13.9. The summed E-state index contributed by atoms with van der Waals surface area (Å²) in [6.45, 7) is 5.72. The van der Waals surface area contributed by atoms with Crippen molar-refractivity contribution in [1.29, 1.82) is 0 Å². The third-order valence-electron chi connectivity index (χ3n) is 6.08. The summed E-state index contributed by atoms with van der Waals surface area (Å²) in [6.07, 6.45) is 0.489. The number of nitrogens with one attached hydrogen (secondary N) is 1. The quantitative estimate of drug-likeness (QED) is 0.305. The third-order valence-corrected chi connectivity index (χ3v) is 8.31. The maximum atomic E-state index is 13.9. The van der Waals surface area contributed by atoms with Gasteiger partial charge in [-0.05, 0) is 55.2 Å². The Hall–Kier alpha value is -3.07. The SMILES string of the molecule is CC(C)CNC(=O)[C@H](C)N(CCc1ccccc1)C(=O)CN(c1cc(Cl)cc(Cl)c1)S(=O)(=O)c1ccccc1. The standard InChI is InChI=1S/C29H33Cl2N3O4S/c1-21(2)19-32-29(36)22(3)33(15-14-23-10-6-4-7-11-23)28(35)20-34(26-17-24(30)16-25(31)18-26)39(37,38)27-12-8-5-9-13-27/h4-13,16-18,21-22H,14-15,19-20H2,1-3H3,(H,32,36)/t22-/m0/s1. The van der Waals surface area contributed by atoms with E-state index in [1.165, 1.54) is 35.2 Å². The van der Waals surface area contributed by atoms with Gasteiger partial charge in [0, 0.05) is 23.1 Å². The highest BCUT2D eigenvalue weighted by atomic mass is 35.5. The van der Waals surface area contributed by atoms with Crippen LogP contribution >= 0.6 is 23.2 Å². The fourth-order valence-electron chi connectivity index (χ4n) is 3.95. The van der Waals surface area contributed by atoms with Gasteiger partial charge in [0.15, 0.2) is 0 Å². The molecule has 0 radical (unpaired) electrons. The molecule has 2 amide bonds. The number of benzene rings is 3. The average molecular weight is 591 g/mol. The fraction of sp³-hybridized carbons (Fsp3) is 0.310. The summed E-state index contributed by atoms with van der Waals surface area (Å²) < 4.78 is 28.5. The minimum atomic E-state index is -4.18. The molecule has 0 aromatic heterocycles. The Balaban J connectivity index is 1.98. The molecular formula is C29H33Cl2N3O4S. The van der Waals surface area contributed by atoms with Crippen molar-refractivity contribution in [3.8, 4) is 0 Å². The molecule has 39 heavy (non-hydrogen) atoms. The van der Waals surface area contributed by atoms with Gasteiger partial charge in [0.25, 0.3) is 10.0 Å². The van der Waals surface area contributed by atoms with Gasteiger partial charge in [0.05, 0.1) is 10.6 Å². The van der Waals surface area contributed by atoms with E-state index in [1.54, 1.807) is 25.1 Å². The molecule has 1 atom stereocenters. The zero-order chi connectivity index (χ0) is 28.6. The maximum Gasteiger partial charge on any atom is 0.264 e. The van der Waals surface area contributed by atoms with Gasteiger partial charge in [0.2, 0.25) is 11.8 Å². The molecule has 3 aromatic rings. The van der Waals surface area contributed by atoms with Crippen LogP contribution in [0.3, 0.4) is 0 Å². The molecule has 0 aliphatic rings. The summed E-state index contributed by atoms with van der Waals surface area (Å²) in [5, 5.41) is 3.32. The number of carbonyl (C=O) groups is 2. The van der Waals surface area contributed by atoms with Crippen LogP contribution in [0.5, 0.6) is 0 Å². The van der Waals surface area contributed by atoms with Gasteiger partial charge in [-0.1, -0.05) is 85.6 Å². The lowest BCUT2D eigenvalue weighted by Gasteiger charge is -2.32. The second-order valence-corrected chi connectivity index (χ2v) is 12.3. The van der Waals surface area contributed by atoms with Gasteiger partial charge in [-0.15, -0.1) is 0 Å². The first kappa shape index (κ1) is 30.5. The molecule has 0 fully saturated rings. The summed E-state index contributed by atoms with van der Waals surface area (Å²) in [6, 6.07) is 20.9. The Morgan fingerprint density at radius 2 is 1.44 bits per heavy atom. The van der Waals surface area contributed by atoms with E-state index >= 15 is 0 Å². The van der Waals surface area contributed by atoms with E-state index in [0.717, 1.165) is 9.87 Å². The number of halogens is 2. The summed E-state index contributed by atoms with van der Waals surface area (Å²) in [5.74, 6) is -0.615. The third kappa shape index (κ3) is 8.46. The number of anilines is 1. The molecule has 0 bridgehead atoms. The van der Waals surface area contributed by atoms with Crippen LogP contribution in [0, 0.1) is 5.92 Å². The second kappa shape index (κ2) is 13.8. The van der Waals surface area contributed by atoms with Crippen LogP contribution in [0.15, 0.2) is 83.8 Å². The average Bonchev–Trinajstić information content (AvgIpc) is 2.90. The number of sulfonamides is 1. The zero-order valence-electron chi connectivity index (χ0n) is 22.2. The molecule has 0 saturated carbocycles. The van der Waals surface area contributed by atoms with Crippen molar-refractivity contribution in [2.45, 2.75) is 38.1 Å². The minimum Gasteiger partial charge on any atom is -0.354 e. The largest absolute Gasteiger partial charge is 0.354 e. The van der Waals surface area contributed by atoms with Crippen LogP contribution in [0.2, 0.25) is 10.0 Å². The van der Waals surface area contributed by atoms with Crippen LogP contribution < -0.4 is 9.62 Å². The molecule has 3 aromatic carbocycles. The molecular weight excluding hydrogens is 557 g/mol. The smallest absolute Gasteiger partial charge is 0.264 e. The van der Waals surface area contributed by atoms with Crippen molar-refractivity contribution in [3.63, 3.8) is 0 Å². The monoisotopic (exact) mass is 589 g/mol. The topological polar surface area (TPSA) is 86.8 Å². The van der Waals surface area contributed by atoms with Crippen molar-refractivity contribution >= 4 is 50.7 Å². The van der Waals surface area contributed by atoms with E-state index in [9.17, 15) is 18.0 Å². The molecule has 0 aliphatic carbocycles. The Labute approximate surface area is 240 Å². The van der Waals surface area contributed by atoms with Gasteiger partial charge in [-0.3, -0.25) is 13.9 Å². The minimum absolute atomic E-state index is 0.00691. The molecule has 208 valence electrons. The van der Waals surface area contributed by atoms with E-state index < -0.39 is 28.5 Å². The number of rotatable bonds is 12. The van der Waals surface area contributed by atoms with Gasteiger partial charge in [0.1, 0.15) is 12.6 Å². The lowest BCUT2D eigenvalue weighted by Crippen LogP contribution is -2.52. The van der Waals surface area contributed by atoms with Crippen molar-refractivity contribution in [2.75, 3.05) is 23.9 Å². The van der Waals surface area contributed by atoms with Crippen LogP contribution in [0.4, 0.5) is 5.69 Å². The fourth-order valence-corrected chi connectivity index (χ4v) is 5.89. The van der Waals surface area contributed by atoms with Gasteiger partial charge in [-0.2, -0.15) is 0 Å². The van der Waals surface area contributed by atoms with E-state index in [1.807, 2.05) is 44.2 Å². The van der Waals surface area contributed by atoms with Crippen molar-refractivity contribution in [3.05, 3.63) is 94.5 Å². The zero-order valence-corrected chi connectivity index (χ0v) is 24.5. The van der Waals surface area contributed by atoms with Gasteiger partial charge < -0.3 is 10.2 Å². The first-order chi connectivity index (χ1) is 18.5. The molecule has 0 unspecified atom stereocenters. The number of amides is 2. The number of hydrogen-bond acceptors (Lipinski definition) is 4. The predicted molar refractivity (Wildman–Crippen MR) is 157 cm³/mol. The molecule has 3 rings (SSSR count). The number of carbonyl (C=O) groups excluding carboxylic acids is 2. The van der Waals surface area contributed by atoms with Crippen LogP contribution in [-0.4, -0.2) is 50.8 Å². The van der Waals surface area contributed by atoms with E-state index in [0.29, 0.717) is 13.0 Å². The molecule has 0 aliphatic heterocycles. The van der Waals surface area contributed by atoms with Crippen LogP contribution in [0.1, 0.15) is 26.3 Å². The highest BCUT2D eigenvalue weighted by molar-refractivity contribution is 7.92. The molecule has 10 heteroatoms. The van der Waals surface area contributed by atoms with E-state index in [4.69, 9.17) is 23.2 Å². The molecule has 7 nitrogen and oxygen atoms in total. The van der Waals surface area contributed by atoms with Crippen molar-refractivity contribution in [1.82, 2.24) is 10.2 Å². The normalized spacial score (nSPS) is 12.2. The number of nitrogens with zero attached hydrogens (tertiary/aromatic N) is 2.